The second-order valence-electron chi connectivity index (χ2n) is 6.44. The fourth-order valence-corrected chi connectivity index (χ4v) is 2.69. The summed E-state index contributed by atoms with van der Waals surface area (Å²) in [5.41, 5.74) is 5.59. The van der Waals surface area contributed by atoms with Crippen LogP contribution in [0.5, 0.6) is 0 Å². The number of nitrogens with one attached hydrogen (secondary N) is 1. The SMILES string of the molecule is CCCCN(Cc1ccccc1)C(=O)Nc1cc(C)c(C)cc1C. The van der Waals surface area contributed by atoms with Crippen LogP contribution in [0, 0.1) is 20.8 Å². The van der Waals surface area contributed by atoms with Crippen LogP contribution in [0.15, 0.2) is 42.5 Å². The van der Waals surface area contributed by atoms with E-state index in [9.17, 15) is 4.79 Å². The Labute approximate surface area is 145 Å². The Kier molecular flexibility index (Phi) is 6.42. The molecule has 0 unspecified atom stereocenters. The molecule has 0 spiro atoms. The van der Waals surface area contributed by atoms with Crippen molar-refractivity contribution < 1.29 is 4.79 Å². The Morgan fingerprint density at radius 1 is 1.00 bits per heavy atom. The molecule has 1 N–H and O–H groups in total. The number of hydrogen-bond acceptors (Lipinski definition) is 1. The first-order chi connectivity index (χ1) is 11.5. The zero-order chi connectivity index (χ0) is 17.5. The molecule has 24 heavy (non-hydrogen) atoms. The lowest BCUT2D eigenvalue weighted by molar-refractivity contribution is 0.208. The maximum Gasteiger partial charge on any atom is 0.322 e. The third-order valence-corrected chi connectivity index (χ3v) is 4.37. The highest BCUT2D eigenvalue weighted by Gasteiger charge is 2.15. The molecule has 3 nitrogen and oxygen atoms in total. The predicted molar refractivity (Wildman–Crippen MR) is 101 cm³/mol. The van der Waals surface area contributed by atoms with Crippen LogP contribution in [-0.2, 0) is 6.54 Å². The van der Waals surface area contributed by atoms with Gasteiger partial charge < -0.3 is 10.2 Å². The second kappa shape index (κ2) is 8.53. The number of aryl methyl sites for hydroxylation is 3. The smallest absolute Gasteiger partial charge is 0.320 e. The van der Waals surface area contributed by atoms with E-state index in [1.165, 1.54) is 11.1 Å². The summed E-state index contributed by atoms with van der Waals surface area (Å²) in [6, 6.07) is 14.3. The van der Waals surface area contributed by atoms with Crippen molar-refractivity contribution in [3.8, 4) is 0 Å². The van der Waals surface area contributed by atoms with E-state index in [-0.39, 0.29) is 6.03 Å². The third-order valence-electron chi connectivity index (χ3n) is 4.37. The van der Waals surface area contributed by atoms with Crippen molar-refractivity contribution in [2.45, 2.75) is 47.1 Å². The minimum Gasteiger partial charge on any atom is -0.320 e. The number of urea groups is 1. The number of nitrogens with zero attached hydrogens (tertiary/aromatic N) is 1. The van der Waals surface area contributed by atoms with Gasteiger partial charge in [0.2, 0.25) is 0 Å². The zero-order valence-electron chi connectivity index (χ0n) is 15.2. The number of carbonyl (C=O) groups is 1. The van der Waals surface area contributed by atoms with E-state index in [0.29, 0.717) is 6.54 Å². The van der Waals surface area contributed by atoms with Gasteiger partial charge in [0.25, 0.3) is 0 Å². The van der Waals surface area contributed by atoms with Crippen molar-refractivity contribution in [3.05, 3.63) is 64.7 Å². The first-order valence-electron chi connectivity index (χ1n) is 8.69. The molecule has 2 aromatic carbocycles. The Balaban J connectivity index is 2.14. The van der Waals surface area contributed by atoms with Gasteiger partial charge in [0, 0.05) is 18.8 Å². The average Bonchev–Trinajstić information content (AvgIpc) is 2.57. The number of unbranched alkanes of at least 4 members (excludes halogenated alkanes) is 1. The fourth-order valence-electron chi connectivity index (χ4n) is 2.69. The molecule has 0 aliphatic heterocycles. The zero-order valence-corrected chi connectivity index (χ0v) is 15.2. The lowest BCUT2D eigenvalue weighted by atomic mass is 10.1. The molecule has 0 heterocycles. The summed E-state index contributed by atoms with van der Waals surface area (Å²) in [6.07, 6.45) is 2.08. The van der Waals surface area contributed by atoms with E-state index >= 15 is 0 Å². The fraction of sp³-hybridized carbons (Fsp3) is 0.381. The standard InChI is InChI=1S/C21H28N2O/c1-5-6-12-23(15-19-10-8-7-9-11-19)21(24)22-20-14-17(3)16(2)13-18(20)4/h7-11,13-14H,5-6,12,15H2,1-4H3,(H,22,24). The van der Waals surface area contributed by atoms with Gasteiger partial charge in [0.1, 0.15) is 0 Å². The van der Waals surface area contributed by atoms with Crippen molar-refractivity contribution in [2.75, 3.05) is 11.9 Å². The maximum absolute atomic E-state index is 12.8. The molecule has 0 bridgehead atoms. The molecule has 2 amide bonds. The second-order valence-corrected chi connectivity index (χ2v) is 6.44. The van der Waals surface area contributed by atoms with Crippen LogP contribution in [0.2, 0.25) is 0 Å². The van der Waals surface area contributed by atoms with Gasteiger partial charge in [-0.2, -0.15) is 0 Å². The summed E-state index contributed by atoms with van der Waals surface area (Å²) < 4.78 is 0. The molecule has 0 saturated carbocycles. The Bertz CT molecular complexity index is 680. The highest BCUT2D eigenvalue weighted by Crippen LogP contribution is 2.21. The first kappa shape index (κ1) is 18.1. The minimum atomic E-state index is -0.0290. The van der Waals surface area contributed by atoms with E-state index in [4.69, 9.17) is 0 Å². The number of hydrogen-bond donors (Lipinski definition) is 1. The number of benzene rings is 2. The van der Waals surface area contributed by atoms with Gasteiger partial charge in [-0.3, -0.25) is 0 Å². The minimum absolute atomic E-state index is 0.0290. The van der Waals surface area contributed by atoms with Crippen LogP contribution in [0.1, 0.15) is 42.0 Å². The molecule has 2 rings (SSSR count). The summed E-state index contributed by atoms with van der Waals surface area (Å²) in [4.78, 5) is 14.7. The van der Waals surface area contributed by atoms with Crippen LogP contribution < -0.4 is 5.32 Å². The highest BCUT2D eigenvalue weighted by atomic mass is 16.2. The normalized spacial score (nSPS) is 10.5. The monoisotopic (exact) mass is 324 g/mol. The average molecular weight is 324 g/mol. The molecular formula is C21H28N2O. The van der Waals surface area contributed by atoms with Gasteiger partial charge in [0.15, 0.2) is 0 Å². The molecule has 0 aromatic heterocycles. The summed E-state index contributed by atoms with van der Waals surface area (Å²) in [5, 5.41) is 3.09. The van der Waals surface area contributed by atoms with E-state index < -0.39 is 0 Å². The molecule has 0 aliphatic rings. The van der Waals surface area contributed by atoms with E-state index in [1.54, 1.807) is 0 Å². The Morgan fingerprint density at radius 2 is 1.67 bits per heavy atom. The van der Waals surface area contributed by atoms with Gasteiger partial charge >= 0.3 is 6.03 Å². The Hall–Kier alpha value is -2.29. The molecule has 0 aliphatic carbocycles. The van der Waals surface area contributed by atoms with E-state index in [1.807, 2.05) is 30.0 Å². The lowest BCUT2D eigenvalue weighted by Gasteiger charge is -2.24. The predicted octanol–water partition coefficient (Wildman–Crippen LogP) is 5.45. The van der Waals surface area contributed by atoms with Gasteiger partial charge in [-0.05, 0) is 55.5 Å². The summed E-state index contributed by atoms with van der Waals surface area (Å²) >= 11 is 0. The van der Waals surface area contributed by atoms with Gasteiger partial charge in [-0.25, -0.2) is 4.79 Å². The lowest BCUT2D eigenvalue weighted by Crippen LogP contribution is -2.35. The van der Waals surface area contributed by atoms with Crippen LogP contribution in [0.4, 0.5) is 10.5 Å². The molecule has 0 radical (unpaired) electrons. The van der Waals surface area contributed by atoms with Crippen LogP contribution in [-0.4, -0.2) is 17.5 Å². The first-order valence-corrected chi connectivity index (χ1v) is 8.69. The number of rotatable bonds is 6. The van der Waals surface area contributed by atoms with E-state index in [0.717, 1.165) is 36.2 Å². The van der Waals surface area contributed by atoms with Gasteiger partial charge in [0.05, 0.1) is 0 Å². The molecule has 128 valence electrons. The highest BCUT2D eigenvalue weighted by molar-refractivity contribution is 5.90. The number of carbonyl (C=O) groups excluding carboxylic acids is 1. The van der Waals surface area contributed by atoms with Crippen molar-refractivity contribution >= 4 is 11.7 Å². The van der Waals surface area contributed by atoms with Gasteiger partial charge in [-0.1, -0.05) is 49.7 Å². The van der Waals surface area contributed by atoms with Crippen molar-refractivity contribution in [2.24, 2.45) is 0 Å². The largest absolute Gasteiger partial charge is 0.322 e. The Morgan fingerprint density at radius 3 is 2.33 bits per heavy atom. The summed E-state index contributed by atoms with van der Waals surface area (Å²) in [6.45, 7) is 9.75. The third kappa shape index (κ3) is 4.85. The van der Waals surface area contributed by atoms with Crippen LogP contribution >= 0.6 is 0 Å². The molecule has 0 fully saturated rings. The maximum atomic E-state index is 12.8. The van der Waals surface area contributed by atoms with Crippen molar-refractivity contribution in [1.29, 1.82) is 0 Å². The van der Waals surface area contributed by atoms with Crippen LogP contribution in [0.25, 0.3) is 0 Å². The molecular weight excluding hydrogens is 296 g/mol. The number of amides is 2. The van der Waals surface area contributed by atoms with Crippen LogP contribution in [0.3, 0.4) is 0 Å². The molecule has 2 aromatic rings. The molecule has 3 heteroatoms. The number of anilines is 1. The quantitative estimate of drug-likeness (QED) is 0.753. The van der Waals surface area contributed by atoms with Gasteiger partial charge in [-0.15, -0.1) is 0 Å². The summed E-state index contributed by atoms with van der Waals surface area (Å²) in [7, 11) is 0. The van der Waals surface area contributed by atoms with Crippen molar-refractivity contribution in [1.82, 2.24) is 4.90 Å². The topological polar surface area (TPSA) is 32.3 Å². The molecule has 0 saturated heterocycles. The van der Waals surface area contributed by atoms with Crippen molar-refractivity contribution in [3.63, 3.8) is 0 Å². The summed E-state index contributed by atoms with van der Waals surface area (Å²) in [5.74, 6) is 0. The van der Waals surface area contributed by atoms with E-state index in [2.05, 4.69) is 50.4 Å². The molecule has 0 atom stereocenters.